The molecule has 0 aliphatic rings. The van der Waals surface area contributed by atoms with Crippen molar-refractivity contribution in [2.75, 3.05) is 19.8 Å². The molecule has 0 aromatic carbocycles. The predicted molar refractivity (Wildman–Crippen MR) is 106 cm³/mol. The Balaban J connectivity index is 0. The van der Waals surface area contributed by atoms with E-state index in [1.807, 2.05) is 0 Å². The van der Waals surface area contributed by atoms with Gasteiger partial charge in [0.2, 0.25) is 10.4 Å². The number of hydrogen-bond acceptors (Lipinski definition) is 5. The molecular weight excluding hydrogens is 375 g/mol. The van der Waals surface area contributed by atoms with Crippen molar-refractivity contribution in [2.45, 2.75) is 110 Å². The van der Waals surface area contributed by atoms with Crippen LogP contribution in [0.3, 0.4) is 0 Å². The first kappa shape index (κ1) is 30.0. The van der Waals surface area contributed by atoms with Gasteiger partial charge in [0.25, 0.3) is 0 Å². The van der Waals surface area contributed by atoms with Crippen LogP contribution in [0.25, 0.3) is 0 Å². The van der Waals surface area contributed by atoms with E-state index in [0.29, 0.717) is 6.61 Å². The Kier molecular flexibility index (Phi) is 25.7. The summed E-state index contributed by atoms with van der Waals surface area (Å²) < 4.78 is 39.8. The molecule has 0 unspecified atom stereocenters. The third kappa shape index (κ3) is 29.1. The monoisotopic (exact) mass is 416 g/mol. The first-order valence-electron chi connectivity index (χ1n) is 10.7. The summed E-state index contributed by atoms with van der Waals surface area (Å²) in [6.07, 6.45) is 21.3. The minimum absolute atomic E-state index is 0. The minimum Gasteiger partial charge on any atom is -0.726 e. The molecule has 0 aromatic heterocycles. The van der Waals surface area contributed by atoms with Crippen molar-refractivity contribution in [3.05, 3.63) is 0 Å². The van der Waals surface area contributed by atoms with Gasteiger partial charge in [-0.15, -0.1) is 0 Å². The standard InChI is InChI=1S/C20H42O5S.Na/c1-2-3-4-5-6-7-8-9-10-11-12-13-14-15-16-17-18-24-19-20-25-26(21,22)23;/h2-20H2,1H3,(H,21,22,23);/q;+1/p-1. The van der Waals surface area contributed by atoms with E-state index in [2.05, 4.69) is 11.1 Å². The molecule has 0 bridgehead atoms. The van der Waals surface area contributed by atoms with Crippen LogP contribution < -0.4 is 29.6 Å². The summed E-state index contributed by atoms with van der Waals surface area (Å²) in [6, 6.07) is 0. The van der Waals surface area contributed by atoms with Crippen LogP contribution >= 0.6 is 0 Å². The average Bonchev–Trinajstić information content (AvgIpc) is 2.59. The first-order chi connectivity index (χ1) is 12.6. The van der Waals surface area contributed by atoms with Crippen molar-refractivity contribution in [3.8, 4) is 0 Å². The van der Waals surface area contributed by atoms with Crippen LogP contribution in [0.1, 0.15) is 110 Å². The van der Waals surface area contributed by atoms with Gasteiger partial charge in [-0.1, -0.05) is 103 Å². The van der Waals surface area contributed by atoms with E-state index in [-0.39, 0.29) is 42.8 Å². The second-order valence-electron chi connectivity index (χ2n) is 7.15. The Labute approximate surface area is 190 Å². The molecule has 27 heavy (non-hydrogen) atoms. The molecular formula is C20H41NaO5S. The summed E-state index contributed by atoms with van der Waals surface area (Å²) in [5.74, 6) is 0. The first-order valence-corrected chi connectivity index (χ1v) is 12.1. The van der Waals surface area contributed by atoms with E-state index in [1.165, 1.54) is 89.9 Å². The minimum atomic E-state index is -4.58. The zero-order chi connectivity index (χ0) is 19.3. The molecule has 0 saturated carbocycles. The van der Waals surface area contributed by atoms with Gasteiger partial charge in [-0.2, -0.15) is 0 Å². The molecule has 0 aromatic rings. The molecule has 0 heterocycles. The van der Waals surface area contributed by atoms with Crippen LogP contribution in [0.4, 0.5) is 0 Å². The summed E-state index contributed by atoms with van der Waals surface area (Å²) in [5, 5.41) is 0. The Morgan fingerprint density at radius 2 is 0.963 bits per heavy atom. The van der Waals surface area contributed by atoms with Gasteiger partial charge in [0.05, 0.1) is 13.2 Å². The molecule has 0 aliphatic carbocycles. The summed E-state index contributed by atoms with van der Waals surface area (Å²) in [4.78, 5) is 0. The van der Waals surface area contributed by atoms with Crippen molar-refractivity contribution < 1.29 is 51.4 Å². The van der Waals surface area contributed by atoms with E-state index in [0.717, 1.165) is 12.8 Å². The summed E-state index contributed by atoms with van der Waals surface area (Å²) in [6.45, 7) is 2.83. The van der Waals surface area contributed by atoms with Crippen LogP contribution in [-0.4, -0.2) is 32.8 Å². The average molecular weight is 417 g/mol. The van der Waals surface area contributed by atoms with Crippen molar-refractivity contribution in [2.24, 2.45) is 0 Å². The predicted octanol–water partition coefficient (Wildman–Crippen LogP) is 2.75. The smallest absolute Gasteiger partial charge is 0.726 e. The molecule has 0 amide bonds. The third-order valence-electron chi connectivity index (χ3n) is 4.60. The van der Waals surface area contributed by atoms with Crippen LogP contribution in [0, 0.1) is 0 Å². The number of rotatable bonds is 21. The van der Waals surface area contributed by atoms with Gasteiger partial charge >= 0.3 is 29.6 Å². The van der Waals surface area contributed by atoms with Crippen LogP contribution in [0.5, 0.6) is 0 Å². The molecule has 0 radical (unpaired) electrons. The molecule has 7 heteroatoms. The molecule has 0 atom stereocenters. The van der Waals surface area contributed by atoms with Crippen LogP contribution in [-0.2, 0) is 19.3 Å². The van der Waals surface area contributed by atoms with E-state index in [4.69, 9.17) is 4.74 Å². The van der Waals surface area contributed by atoms with Gasteiger partial charge < -0.3 is 9.29 Å². The van der Waals surface area contributed by atoms with Crippen molar-refractivity contribution in [3.63, 3.8) is 0 Å². The van der Waals surface area contributed by atoms with E-state index < -0.39 is 10.4 Å². The molecule has 0 N–H and O–H groups in total. The molecule has 0 fully saturated rings. The quantitative estimate of drug-likeness (QED) is 0.124. The topological polar surface area (TPSA) is 75.7 Å². The van der Waals surface area contributed by atoms with Crippen LogP contribution in [0.15, 0.2) is 0 Å². The fourth-order valence-electron chi connectivity index (χ4n) is 3.05. The molecule has 158 valence electrons. The summed E-state index contributed by atoms with van der Waals surface area (Å²) >= 11 is 0. The fourth-order valence-corrected chi connectivity index (χ4v) is 3.32. The zero-order valence-electron chi connectivity index (χ0n) is 17.9. The van der Waals surface area contributed by atoms with Gasteiger partial charge in [0, 0.05) is 6.61 Å². The molecule has 0 aliphatic heterocycles. The molecule has 5 nitrogen and oxygen atoms in total. The Morgan fingerprint density at radius 3 is 1.33 bits per heavy atom. The van der Waals surface area contributed by atoms with Crippen LogP contribution in [0.2, 0.25) is 0 Å². The maximum atomic E-state index is 10.2. The second-order valence-corrected chi connectivity index (χ2v) is 8.20. The van der Waals surface area contributed by atoms with Gasteiger partial charge in [-0.25, -0.2) is 8.42 Å². The Bertz CT molecular complexity index is 377. The number of hydrogen-bond donors (Lipinski definition) is 0. The van der Waals surface area contributed by atoms with E-state index in [9.17, 15) is 13.0 Å². The van der Waals surface area contributed by atoms with E-state index >= 15 is 0 Å². The Morgan fingerprint density at radius 1 is 0.593 bits per heavy atom. The maximum Gasteiger partial charge on any atom is 1.00 e. The largest absolute Gasteiger partial charge is 1.00 e. The summed E-state index contributed by atoms with van der Waals surface area (Å²) in [5.41, 5.74) is 0. The Hall–Kier alpha value is 0.830. The summed E-state index contributed by atoms with van der Waals surface area (Å²) in [7, 11) is -4.58. The molecule has 0 rings (SSSR count). The number of unbranched alkanes of at least 4 members (excludes halogenated alkanes) is 15. The van der Waals surface area contributed by atoms with Crippen molar-refractivity contribution in [1.82, 2.24) is 0 Å². The van der Waals surface area contributed by atoms with Gasteiger partial charge in [-0.05, 0) is 6.42 Å². The third-order valence-corrected chi connectivity index (χ3v) is 5.05. The van der Waals surface area contributed by atoms with E-state index in [1.54, 1.807) is 0 Å². The maximum absolute atomic E-state index is 10.2. The van der Waals surface area contributed by atoms with Gasteiger partial charge in [0.15, 0.2) is 0 Å². The zero-order valence-corrected chi connectivity index (χ0v) is 20.7. The van der Waals surface area contributed by atoms with Gasteiger partial charge in [0.1, 0.15) is 0 Å². The molecule has 0 spiro atoms. The number of ether oxygens (including phenoxy) is 1. The van der Waals surface area contributed by atoms with Crippen molar-refractivity contribution >= 4 is 10.4 Å². The van der Waals surface area contributed by atoms with Crippen molar-refractivity contribution in [1.29, 1.82) is 0 Å². The second kappa shape index (κ2) is 23.1. The molecule has 0 saturated heterocycles. The normalized spacial score (nSPS) is 11.5. The van der Waals surface area contributed by atoms with Gasteiger partial charge in [-0.3, -0.25) is 4.18 Å². The SMILES string of the molecule is CCCCCCCCCCCCCCCCCCOCCOS(=O)(=O)[O-].[Na+]. The fraction of sp³-hybridized carbons (Fsp3) is 1.00.